The summed E-state index contributed by atoms with van der Waals surface area (Å²) in [6.07, 6.45) is 2.99. The van der Waals surface area contributed by atoms with Gasteiger partial charge in [0.05, 0.1) is 6.10 Å². The van der Waals surface area contributed by atoms with Gasteiger partial charge < -0.3 is 15.0 Å². The van der Waals surface area contributed by atoms with Gasteiger partial charge in [-0.3, -0.25) is 0 Å². The molecule has 0 aliphatic carbocycles. The van der Waals surface area contributed by atoms with Crippen molar-refractivity contribution in [3.8, 4) is 0 Å². The highest BCUT2D eigenvalue weighted by Crippen LogP contribution is 2.15. The maximum absolute atomic E-state index is 5.37. The van der Waals surface area contributed by atoms with E-state index in [0.717, 1.165) is 12.6 Å². The second-order valence-electron chi connectivity index (χ2n) is 4.46. The average molecular weight is 230 g/mol. The number of nitrogens with one attached hydrogen (secondary N) is 1. The molecule has 4 heteroatoms. The molecule has 0 aromatic carbocycles. The molecule has 2 heterocycles. The minimum atomic E-state index is 0.485. The Morgan fingerprint density at radius 2 is 2.47 bits per heavy atom. The number of likely N-dealkylation sites (tertiary alicyclic amines) is 1. The van der Waals surface area contributed by atoms with E-state index in [1.165, 1.54) is 44.0 Å². The van der Waals surface area contributed by atoms with E-state index < -0.39 is 0 Å². The molecule has 0 aromatic rings. The number of thioether (sulfide) groups is 1. The summed E-state index contributed by atoms with van der Waals surface area (Å²) in [5, 5.41) is 3.59. The Morgan fingerprint density at radius 1 is 1.53 bits per heavy atom. The molecule has 3 nitrogen and oxygen atoms in total. The first-order valence-electron chi connectivity index (χ1n) is 5.95. The van der Waals surface area contributed by atoms with Gasteiger partial charge in [-0.1, -0.05) is 0 Å². The van der Waals surface area contributed by atoms with Crippen molar-refractivity contribution >= 4 is 11.8 Å². The average Bonchev–Trinajstić information content (AvgIpc) is 2.76. The molecule has 0 amide bonds. The number of rotatable bonds is 4. The van der Waals surface area contributed by atoms with Crippen LogP contribution in [0.15, 0.2) is 0 Å². The maximum atomic E-state index is 5.37. The zero-order valence-corrected chi connectivity index (χ0v) is 10.4. The van der Waals surface area contributed by atoms with E-state index >= 15 is 0 Å². The van der Waals surface area contributed by atoms with Gasteiger partial charge in [0.25, 0.3) is 0 Å². The molecule has 2 atom stereocenters. The van der Waals surface area contributed by atoms with Crippen molar-refractivity contribution in [3.63, 3.8) is 0 Å². The van der Waals surface area contributed by atoms with Crippen LogP contribution in [-0.2, 0) is 4.74 Å². The van der Waals surface area contributed by atoms with Gasteiger partial charge >= 0.3 is 0 Å². The van der Waals surface area contributed by atoms with E-state index in [4.69, 9.17) is 4.74 Å². The largest absolute Gasteiger partial charge is 0.380 e. The van der Waals surface area contributed by atoms with Crippen molar-refractivity contribution in [1.29, 1.82) is 0 Å². The fourth-order valence-electron chi connectivity index (χ4n) is 2.34. The minimum absolute atomic E-state index is 0.485. The Labute approximate surface area is 96.9 Å². The Hall–Kier alpha value is 0.230. The number of hydrogen-bond acceptors (Lipinski definition) is 4. The molecule has 1 N–H and O–H groups in total. The molecule has 0 aromatic heterocycles. The number of hydrogen-bond donors (Lipinski definition) is 1. The molecule has 2 rings (SSSR count). The van der Waals surface area contributed by atoms with E-state index in [1.807, 2.05) is 7.11 Å². The molecule has 2 aliphatic rings. The highest BCUT2D eigenvalue weighted by Gasteiger charge is 2.22. The number of ether oxygens (including phenoxy) is 1. The molecule has 0 spiro atoms. The topological polar surface area (TPSA) is 24.5 Å². The van der Waals surface area contributed by atoms with E-state index in [2.05, 4.69) is 22.0 Å². The van der Waals surface area contributed by atoms with Gasteiger partial charge in [0.2, 0.25) is 0 Å². The smallest absolute Gasteiger partial charge is 0.0710 e. The molecule has 15 heavy (non-hydrogen) atoms. The van der Waals surface area contributed by atoms with E-state index in [0.29, 0.717) is 6.10 Å². The third-order valence-electron chi connectivity index (χ3n) is 3.35. The first-order chi connectivity index (χ1) is 7.38. The van der Waals surface area contributed by atoms with Crippen LogP contribution in [0, 0.1) is 0 Å². The third kappa shape index (κ3) is 3.63. The van der Waals surface area contributed by atoms with Crippen LogP contribution in [0.5, 0.6) is 0 Å². The van der Waals surface area contributed by atoms with Gasteiger partial charge in [-0.25, -0.2) is 0 Å². The fourth-order valence-corrected chi connectivity index (χ4v) is 3.33. The summed E-state index contributed by atoms with van der Waals surface area (Å²) in [6.45, 7) is 4.78. The first kappa shape index (κ1) is 11.7. The van der Waals surface area contributed by atoms with Crippen LogP contribution in [0.2, 0.25) is 0 Å². The SMILES string of the molecule is COC1CCN(CCC2CSCCN2)C1. The van der Waals surface area contributed by atoms with E-state index in [-0.39, 0.29) is 0 Å². The standard InChI is InChI=1S/C11H22N2OS/c1-14-11-3-6-13(8-11)5-2-10-9-15-7-4-12-10/h10-12H,2-9H2,1H3. The van der Waals surface area contributed by atoms with Crippen LogP contribution in [-0.4, -0.2) is 61.8 Å². The van der Waals surface area contributed by atoms with E-state index in [1.54, 1.807) is 0 Å². The minimum Gasteiger partial charge on any atom is -0.380 e. The Bertz CT molecular complexity index is 185. The monoisotopic (exact) mass is 230 g/mol. The Morgan fingerprint density at radius 3 is 3.13 bits per heavy atom. The van der Waals surface area contributed by atoms with Gasteiger partial charge in [-0.2, -0.15) is 11.8 Å². The molecule has 2 unspecified atom stereocenters. The van der Waals surface area contributed by atoms with Crippen LogP contribution >= 0.6 is 11.8 Å². The summed E-state index contributed by atoms with van der Waals surface area (Å²) >= 11 is 2.08. The Balaban J connectivity index is 1.61. The van der Waals surface area contributed by atoms with Crippen molar-refractivity contribution in [2.45, 2.75) is 25.0 Å². The van der Waals surface area contributed by atoms with Gasteiger partial charge in [0, 0.05) is 44.3 Å². The molecular weight excluding hydrogens is 208 g/mol. The van der Waals surface area contributed by atoms with E-state index in [9.17, 15) is 0 Å². The predicted octanol–water partition coefficient (Wildman–Crippen LogP) is 0.802. The Kier molecular flexibility index (Phi) is 4.75. The highest BCUT2D eigenvalue weighted by molar-refractivity contribution is 7.99. The van der Waals surface area contributed by atoms with Crippen molar-refractivity contribution < 1.29 is 4.74 Å². The van der Waals surface area contributed by atoms with Crippen molar-refractivity contribution in [3.05, 3.63) is 0 Å². The normalized spacial score (nSPS) is 33.4. The molecule has 2 saturated heterocycles. The number of nitrogens with zero attached hydrogens (tertiary/aromatic N) is 1. The van der Waals surface area contributed by atoms with Crippen molar-refractivity contribution in [2.75, 3.05) is 44.8 Å². The first-order valence-corrected chi connectivity index (χ1v) is 7.10. The summed E-state index contributed by atoms with van der Waals surface area (Å²) in [6, 6.07) is 0.741. The number of methoxy groups -OCH3 is 1. The highest BCUT2D eigenvalue weighted by atomic mass is 32.2. The molecule has 0 radical (unpaired) electrons. The van der Waals surface area contributed by atoms with Gasteiger partial charge in [-0.05, 0) is 19.4 Å². The van der Waals surface area contributed by atoms with Crippen molar-refractivity contribution in [2.24, 2.45) is 0 Å². The molecule has 88 valence electrons. The van der Waals surface area contributed by atoms with Crippen LogP contribution in [0.4, 0.5) is 0 Å². The van der Waals surface area contributed by atoms with Crippen LogP contribution in [0.3, 0.4) is 0 Å². The fraction of sp³-hybridized carbons (Fsp3) is 1.00. The summed E-state index contributed by atoms with van der Waals surface area (Å²) in [5.74, 6) is 2.58. The summed E-state index contributed by atoms with van der Waals surface area (Å²) in [7, 11) is 1.83. The summed E-state index contributed by atoms with van der Waals surface area (Å²) < 4.78 is 5.37. The third-order valence-corrected chi connectivity index (χ3v) is 4.49. The van der Waals surface area contributed by atoms with Gasteiger partial charge in [0.1, 0.15) is 0 Å². The van der Waals surface area contributed by atoms with Gasteiger partial charge in [0.15, 0.2) is 0 Å². The lowest BCUT2D eigenvalue weighted by molar-refractivity contribution is 0.107. The summed E-state index contributed by atoms with van der Waals surface area (Å²) in [4.78, 5) is 2.54. The molecule has 2 aliphatic heterocycles. The lowest BCUT2D eigenvalue weighted by Gasteiger charge is -2.25. The summed E-state index contributed by atoms with van der Waals surface area (Å²) in [5.41, 5.74) is 0. The quantitative estimate of drug-likeness (QED) is 0.772. The second-order valence-corrected chi connectivity index (χ2v) is 5.61. The molecule has 0 saturated carbocycles. The lowest BCUT2D eigenvalue weighted by Crippen LogP contribution is -2.40. The van der Waals surface area contributed by atoms with Crippen molar-refractivity contribution in [1.82, 2.24) is 10.2 Å². The molecular formula is C11H22N2OS. The second kappa shape index (κ2) is 6.09. The predicted molar refractivity (Wildman–Crippen MR) is 65.6 cm³/mol. The molecule has 0 bridgehead atoms. The maximum Gasteiger partial charge on any atom is 0.0710 e. The zero-order valence-electron chi connectivity index (χ0n) is 9.58. The van der Waals surface area contributed by atoms with Gasteiger partial charge in [-0.15, -0.1) is 0 Å². The van der Waals surface area contributed by atoms with Crippen LogP contribution < -0.4 is 5.32 Å². The van der Waals surface area contributed by atoms with Crippen LogP contribution in [0.25, 0.3) is 0 Å². The zero-order chi connectivity index (χ0) is 10.5. The van der Waals surface area contributed by atoms with Crippen LogP contribution in [0.1, 0.15) is 12.8 Å². The molecule has 2 fully saturated rings. The lowest BCUT2D eigenvalue weighted by atomic mass is 10.2.